The lowest BCUT2D eigenvalue weighted by atomic mass is 9.97. The Morgan fingerprint density at radius 1 is 1.29 bits per heavy atom. The van der Waals surface area contributed by atoms with Crippen LogP contribution >= 0.6 is 0 Å². The van der Waals surface area contributed by atoms with Crippen molar-refractivity contribution in [2.75, 3.05) is 0 Å². The number of aryl methyl sites for hydroxylation is 1. The molecule has 1 aromatic rings. The van der Waals surface area contributed by atoms with Crippen LogP contribution in [0.5, 0.6) is 0 Å². The molecule has 0 bridgehead atoms. The van der Waals surface area contributed by atoms with E-state index in [1.165, 1.54) is 24.6 Å². The molecule has 1 aromatic carbocycles. The van der Waals surface area contributed by atoms with Gasteiger partial charge in [0.25, 0.3) is 0 Å². The Kier molecular flexibility index (Phi) is 3.77. The summed E-state index contributed by atoms with van der Waals surface area (Å²) in [6.45, 7) is 1.72. The zero-order chi connectivity index (χ0) is 12.3. The van der Waals surface area contributed by atoms with Crippen LogP contribution in [0.3, 0.4) is 0 Å². The zero-order valence-electron chi connectivity index (χ0n) is 10.0. The Labute approximate surface area is 101 Å². The van der Waals surface area contributed by atoms with Crippen LogP contribution in [0.4, 0.5) is 4.39 Å². The van der Waals surface area contributed by atoms with Crippen molar-refractivity contribution in [3.63, 3.8) is 0 Å². The van der Waals surface area contributed by atoms with Crippen LogP contribution in [0.15, 0.2) is 18.2 Å². The normalized spacial score (nSPS) is 16.8. The van der Waals surface area contributed by atoms with Crippen LogP contribution in [0, 0.1) is 12.7 Å². The molecule has 0 N–H and O–H groups in total. The molecule has 1 saturated carbocycles. The van der Waals surface area contributed by atoms with Crippen molar-refractivity contribution in [2.24, 2.45) is 0 Å². The molecule has 0 atom stereocenters. The van der Waals surface area contributed by atoms with Gasteiger partial charge in [-0.05, 0) is 56.4 Å². The number of ether oxygens (including phenoxy) is 1. The largest absolute Gasteiger partial charge is 0.459 e. The summed E-state index contributed by atoms with van der Waals surface area (Å²) in [6, 6.07) is 4.15. The SMILES string of the molecule is Cc1cc(F)ccc1C(=O)OC1CCCCC1. The lowest BCUT2D eigenvalue weighted by Gasteiger charge is -2.22. The maximum absolute atomic E-state index is 12.9. The fourth-order valence-electron chi connectivity index (χ4n) is 2.25. The maximum Gasteiger partial charge on any atom is 0.338 e. The van der Waals surface area contributed by atoms with Gasteiger partial charge in [-0.1, -0.05) is 6.42 Å². The van der Waals surface area contributed by atoms with Crippen LogP contribution in [-0.4, -0.2) is 12.1 Å². The fraction of sp³-hybridized carbons (Fsp3) is 0.500. The van der Waals surface area contributed by atoms with E-state index in [1.54, 1.807) is 6.92 Å². The third-order valence-corrected chi connectivity index (χ3v) is 3.23. The van der Waals surface area contributed by atoms with Crippen molar-refractivity contribution in [2.45, 2.75) is 45.1 Å². The molecule has 0 radical (unpaired) electrons. The summed E-state index contributed by atoms with van der Waals surface area (Å²) in [4.78, 5) is 11.9. The van der Waals surface area contributed by atoms with Gasteiger partial charge in [-0.2, -0.15) is 0 Å². The number of carbonyl (C=O) groups excluding carboxylic acids is 1. The van der Waals surface area contributed by atoms with Crippen LogP contribution < -0.4 is 0 Å². The highest BCUT2D eigenvalue weighted by atomic mass is 19.1. The van der Waals surface area contributed by atoms with E-state index in [0.717, 1.165) is 25.7 Å². The van der Waals surface area contributed by atoms with E-state index in [-0.39, 0.29) is 17.9 Å². The summed E-state index contributed by atoms with van der Waals surface area (Å²) in [5.41, 5.74) is 1.10. The first-order chi connectivity index (χ1) is 8.16. The summed E-state index contributed by atoms with van der Waals surface area (Å²) in [7, 11) is 0. The Morgan fingerprint density at radius 2 is 2.00 bits per heavy atom. The van der Waals surface area contributed by atoms with Gasteiger partial charge in [-0.15, -0.1) is 0 Å². The lowest BCUT2D eigenvalue weighted by molar-refractivity contribution is 0.0210. The molecule has 17 heavy (non-hydrogen) atoms. The van der Waals surface area contributed by atoms with Crippen molar-refractivity contribution >= 4 is 5.97 Å². The second kappa shape index (κ2) is 5.30. The van der Waals surface area contributed by atoms with Gasteiger partial charge in [0.15, 0.2) is 0 Å². The number of carbonyl (C=O) groups is 1. The van der Waals surface area contributed by atoms with E-state index in [0.29, 0.717) is 11.1 Å². The van der Waals surface area contributed by atoms with E-state index >= 15 is 0 Å². The fourth-order valence-corrected chi connectivity index (χ4v) is 2.25. The van der Waals surface area contributed by atoms with Crippen LogP contribution in [0.2, 0.25) is 0 Å². The molecule has 0 aromatic heterocycles. The van der Waals surface area contributed by atoms with Crippen LogP contribution in [0.1, 0.15) is 48.0 Å². The van der Waals surface area contributed by atoms with E-state index in [1.807, 2.05) is 0 Å². The van der Waals surface area contributed by atoms with Gasteiger partial charge in [-0.25, -0.2) is 9.18 Å². The van der Waals surface area contributed by atoms with E-state index in [2.05, 4.69) is 0 Å². The lowest BCUT2D eigenvalue weighted by Crippen LogP contribution is -2.21. The van der Waals surface area contributed by atoms with Gasteiger partial charge in [-0.3, -0.25) is 0 Å². The van der Waals surface area contributed by atoms with Crippen LogP contribution in [-0.2, 0) is 4.74 Å². The molecule has 3 heteroatoms. The number of benzene rings is 1. The van der Waals surface area contributed by atoms with E-state index in [4.69, 9.17) is 4.74 Å². The first-order valence-corrected chi connectivity index (χ1v) is 6.14. The minimum Gasteiger partial charge on any atom is -0.459 e. The second-order valence-corrected chi connectivity index (χ2v) is 4.62. The average Bonchev–Trinajstić information content (AvgIpc) is 2.30. The molecule has 0 aliphatic heterocycles. The van der Waals surface area contributed by atoms with Gasteiger partial charge >= 0.3 is 5.97 Å². The van der Waals surface area contributed by atoms with Gasteiger partial charge < -0.3 is 4.74 Å². The summed E-state index contributed by atoms with van der Waals surface area (Å²) in [5.74, 6) is -0.647. The Bertz CT molecular complexity index is 409. The summed E-state index contributed by atoms with van der Waals surface area (Å²) >= 11 is 0. The third kappa shape index (κ3) is 3.05. The van der Waals surface area contributed by atoms with Gasteiger partial charge in [0.05, 0.1) is 5.56 Å². The topological polar surface area (TPSA) is 26.3 Å². The number of hydrogen-bond acceptors (Lipinski definition) is 2. The highest BCUT2D eigenvalue weighted by Gasteiger charge is 2.19. The predicted molar refractivity (Wildman–Crippen MR) is 63.4 cm³/mol. The molecular weight excluding hydrogens is 219 g/mol. The molecule has 2 rings (SSSR count). The standard InChI is InChI=1S/C14H17FO2/c1-10-9-11(15)7-8-13(10)14(16)17-12-5-3-2-4-6-12/h7-9,12H,2-6H2,1H3. The Balaban J connectivity index is 2.03. The van der Waals surface area contributed by atoms with Crippen molar-refractivity contribution in [1.29, 1.82) is 0 Å². The van der Waals surface area contributed by atoms with Gasteiger partial charge in [0.2, 0.25) is 0 Å². The highest BCUT2D eigenvalue weighted by molar-refractivity contribution is 5.91. The minimum atomic E-state index is -0.325. The second-order valence-electron chi connectivity index (χ2n) is 4.62. The number of esters is 1. The average molecular weight is 236 g/mol. The highest BCUT2D eigenvalue weighted by Crippen LogP contribution is 2.22. The molecule has 0 saturated heterocycles. The molecule has 0 amide bonds. The maximum atomic E-state index is 12.9. The Hall–Kier alpha value is -1.38. The predicted octanol–water partition coefficient (Wildman–Crippen LogP) is 3.62. The minimum absolute atomic E-state index is 0.0423. The molecule has 0 heterocycles. The van der Waals surface area contributed by atoms with Crippen molar-refractivity contribution in [1.82, 2.24) is 0 Å². The molecule has 1 aliphatic carbocycles. The van der Waals surface area contributed by atoms with Crippen LogP contribution in [0.25, 0.3) is 0 Å². The molecule has 0 spiro atoms. The molecule has 1 fully saturated rings. The van der Waals surface area contributed by atoms with E-state index in [9.17, 15) is 9.18 Å². The van der Waals surface area contributed by atoms with Crippen molar-refractivity contribution in [3.8, 4) is 0 Å². The Morgan fingerprint density at radius 3 is 2.65 bits per heavy atom. The first kappa shape index (κ1) is 12.1. The number of hydrogen-bond donors (Lipinski definition) is 0. The first-order valence-electron chi connectivity index (χ1n) is 6.14. The quantitative estimate of drug-likeness (QED) is 0.733. The van der Waals surface area contributed by atoms with Crippen molar-refractivity contribution in [3.05, 3.63) is 35.1 Å². The van der Waals surface area contributed by atoms with Gasteiger partial charge in [0, 0.05) is 0 Å². The van der Waals surface area contributed by atoms with Crippen molar-refractivity contribution < 1.29 is 13.9 Å². The smallest absolute Gasteiger partial charge is 0.338 e. The summed E-state index contributed by atoms with van der Waals surface area (Å²) in [6.07, 6.45) is 5.42. The van der Waals surface area contributed by atoms with Gasteiger partial charge in [0.1, 0.15) is 11.9 Å². The summed E-state index contributed by atoms with van der Waals surface area (Å²) in [5, 5.41) is 0. The molecule has 0 unspecified atom stereocenters. The zero-order valence-corrected chi connectivity index (χ0v) is 10.0. The van der Waals surface area contributed by atoms with E-state index < -0.39 is 0 Å². The molecular formula is C14H17FO2. The summed E-state index contributed by atoms with van der Waals surface area (Å²) < 4.78 is 18.4. The monoisotopic (exact) mass is 236 g/mol. The molecule has 2 nitrogen and oxygen atoms in total. The third-order valence-electron chi connectivity index (χ3n) is 3.23. The number of rotatable bonds is 2. The molecule has 1 aliphatic rings. The number of halogens is 1. The molecule has 92 valence electrons.